The molecule has 0 aromatic heterocycles. The molecule has 6 heteroatoms. The highest BCUT2D eigenvalue weighted by Crippen LogP contribution is 2.43. The number of fused-ring (bicyclic) bond motifs is 1. The van der Waals surface area contributed by atoms with E-state index in [1.165, 1.54) is 0 Å². The zero-order chi connectivity index (χ0) is 13.1. The van der Waals surface area contributed by atoms with Crippen LogP contribution in [-0.4, -0.2) is 26.9 Å². The van der Waals surface area contributed by atoms with Gasteiger partial charge >= 0.3 is 0 Å². The molecular weight excluding hydrogens is 236 g/mol. The second kappa shape index (κ2) is 5.14. The number of nitrogens with one attached hydrogen (secondary N) is 1. The van der Waals surface area contributed by atoms with E-state index in [2.05, 4.69) is 5.32 Å². The zero-order valence-corrected chi connectivity index (χ0v) is 10.4. The van der Waals surface area contributed by atoms with E-state index in [-0.39, 0.29) is 25.2 Å². The smallest absolute Gasteiger partial charge is 0.231 e. The molecule has 1 aromatic carbocycles. The van der Waals surface area contributed by atoms with Gasteiger partial charge in [0.15, 0.2) is 11.5 Å². The molecule has 6 nitrogen and oxygen atoms in total. The Morgan fingerprint density at radius 1 is 1.56 bits per heavy atom. The van der Waals surface area contributed by atoms with Gasteiger partial charge < -0.3 is 25.3 Å². The Labute approximate surface area is 105 Å². The third-order valence-corrected chi connectivity index (χ3v) is 2.84. The minimum absolute atomic E-state index is 0.175. The lowest BCUT2D eigenvalue weighted by atomic mass is 10.0. The molecule has 1 atom stereocenters. The van der Waals surface area contributed by atoms with Gasteiger partial charge in [-0.1, -0.05) is 0 Å². The molecule has 0 saturated carbocycles. The molecule has 0 fully saturated rings. The lowest BCUT2D eigenvalue weighted by Crippen LogP contribution is -2.23. The van der Waals surface area contributed by atoms with Gasteiger partial charge in [-0.05, 0) is 24.7 Å². The molecule has 1 aliphatic heterocycles. The van der Waals surface area contributed by atoms with Crippen molar-refractivity contribution in [3.05, 3.63) is 17.7 Å². The van der Waals surface area contributed by atoms with Crippen LogP contribution >= 0.6 is 0 Å². The fourth-order valence-corrected chi connectivity index (χ4v) is 1.94. The van der Waals surface area contributed by atoms with Crippen molar-refractivity contribution in [1.29, 1.82) is 0 Å². The fourth-order valence-electron chi connectivity index (χ4n) is 1.94. The summed E-state index contributed by atoms with van der Waals surface area (Å²) >= 11 is 0. The number of nitrogens with two attached hydrogens (primary N) is 1. The van der Waals surface area contributed by atoms with E-state index in [0.29, 0.717) is 17.2 Å². The number of hydrogen-bond acceptors (Lipinski definition) is 5. The predicted octanol–water partition coefficient (Wildman–Crippen LogP) is 0.560. The molecule has 98 valence electrons. The molecule has 0 radical (unpaired) electrons. The number of carbonyl (C=O) groups excluding carboxylic acids is 1. The number of hydrogen-bond donors (Lipinski definition) is 2. The normalized spacial score (nSPS) is 14.3. The van der Waals surface area contributed by atoms with Gasteiger partial charge in [-0.25, -0.2) is 0 Å². The number of ether oxygens (including phenoxy) is 3. The monoisotopic (exact) mass is 252 g/mol. The summed E-state index contributed by atoms with van der Waals surface area (Å²) in [6.07, 6.45) is 0.208. The van der Waals surface area contributed by atoms with E-state index in [0.717, 1.165) is 5.56 Å². The predicted molar refractivity (Wildman–Crippen MR) is 64.7 cm³/mol. The van der Waals surface area contributed by atoms with Gasteiger partial charge in [0.25, 0.3) is 0 Å². The number of rotatable bonds is 5. The van der Waals surface area contributed by atoms with Crippen LogP contribution < -0.4 is 25.3 Å². The number of carbonyl (C=O) groups is 1. The maximum atomic E-state index is 11.0. The molecular formula is C12H16N2O4. The molecule has 0 saturated heterocycles. The molecule has 1 aromatic rings. The van der Waals surface area contributed by atoms with Crippen LogP contribution in [0, 0.1) is 0 Å². The lowest BCUT2D eigenvalue weighted by Gasteiger charge is -2.16. The molecule has 1 unspecified atom stereocenters. The molecule has 18 heavy (non-hydrogen) atoms. The van der Waals surface area contributed by atoms with Crippen molar-refractivity contribution in [3.8, 4) is 17.2 Å². The summed E-state index contributed by atoms with van der Waals surface area (Å²) in [4.78, 5) is 11.0. The Bertz CT molecular complexity index is 462. The van der Waals surface area contributed by atoms with Gasteiger partial charge in [-0.15, -0.1) is 0 Å². The fraction of sp³-hybridized carbons (Fsp3) is 0.417. The Kier molecular flexibility index (Phi) is 3.57. The van der Waals surface area contributed by atoms with Gasteiger partial charge in [-0.2, -0.15) is 0 Å². The molecule has 1 heterocycles. The van der Waals surface area contributed by atoms with E-state index >= 15 is 0 Å². The van der Waals surface area contributed by atoms with Crippen molar-refractivity contribution < 1.29 is 19.0 Å². The van der Waals surface area contributed by atoms with Gasteiger partial charge in [0.1, 0.15) is 0 Å². The standard InChI is InChI=1S/C12H16N2O4/c1-14-8(5-11(13)15)7-3-9(16-2)12-10(4-7)17-6-18-12/h3-4,8,14H,5-6H2,1-2H3,(H2,13,15). The molecule has 1 amide bonds. The molecule has 0 spiro atoms. The van der Waals surface area contributed by atoms with Crippen LogP contribution in [0.3, 0.4) is 0 Å². The summed E-state index contributed by atoms with van der Waals surface area (Å²) in [5.74, 6) is 1.43. The third-order valence-electron chi connectivity index (χ3n) is 2.84. The SMILES string of the molecule is CNC(CC(N)=O)c1cc(OC)c2c(c1)OCO2. The first-order valence-electron chi connectivity index (χ1n) is 5.58. The van der Waals surface area contributed by atoms with E-state index < -0.39 is 0 Å². The topological polar surface area (TPSA) is 82.8 Å². The van der Waals surface area contributed by atoms with Crippen LogP contribution in [0.1, 0.15) is 18.0 Å². The maximum Gasteiger partial charge on any atom is 0.231 e. The first-order chi connectivity index (χ1) is 8.65. The van der Waals surface area contributed by atoms with Crippen LogP contribution in [0.25, 0.3) is 0 Å². The van der Waals surface area contributed by atoms with Crippen molar-refractivity contribution in [1.82, 2.24) is 5.32 Å². The quantitative estimate of drug-likeness (QED) is 0.800. The number of benzene rings is 1. The Hall–Kier alpha value is -1.95. The Morgan fingerprint density at radius 2 is 2.33 bits per heavy atom. The summed E-state index contributed by atoms with van der Waals surface area (Å²) < 4.78 is 15.9. The van der Waals surface area contributed by atoms with Crippen molar-refractivity contribution >= 4 is 5.91 Å². The summed E-state index contributed by atoms with van der Waals surface area (Å²) in [6, 6.07) is 3.47. The first-order valence-corrected chi connectivity index (χ1v) is 5.58. The zero-order valence-electron chi connectivity index (χ0n) is 10.4. The molecule has 1 aliphatic rings. The van der Waals surface area contributed by atoms with Crippen LogP contribution in [0.15, 0.2) is 12.1 Å². The van der Waals surface area contributed by atoms with Gasteiger partial charge in [0, 0.05) is 12.5 Å². The average molecular weight is 252 g/mol. The van der Waals surface area contributed by atoms with E-state index in [4.69, 9.17) is 19.9 Å². The second-order valence-electron chi connectivity index (χ2n) is 3.97. The minimum atomic E-state index is -0.369. The molecule has 0 aliphatic carbocycles. The van der Waals surface area contributed by atoms with Crippen LogP contribution in [0.4, 0.5) is 0 Å². The largest absolute Gasteiger partial charge is 0.493 e. The highest BCUT2D eigenvalue weighted by molar-refractivity contribution is 5.74. The highest BCUT2D eigenvalue weighted by Gasteiger charge is 2.23. The van der Waals surface area contributed by atoms with E-state index in [1.54, 1.807) is 14.2 Å². The second-order valence-corrected chi connectivity index (χ2v) is 3.97. The first kappa shape index (κ1) is 12.5. The van der Waals surface area contributed by atoms with Gasteiger partial charge in [0.05, 0.1) is 7.11 Å². The summed E-state index contributed by atoms with van der Waals surface area (Å²) in [5.41, 5.74) is 6.10. The van der Waals surface area contributed by atoms with Crippen LogP contribution in [0.2, 0.25) is 0 Å². The van der Waals surface area contributed by atoms with Crippen molar-refractivity contribution in [2.24, 2.45) is 5.73 Å². The van der Waals surface area contributed by atoms with E-state index in [9.17, 15) is 4.79 Å². The summed E-state index contributed by atoms with van der Waals surface area (Å²) in [6.45, 7) is 0.176. The minimum Gasteiger partial charge on any atom is -0.493 e. The highest BCUT2D eigenvalue weighted by atomic mass is 16.7. The van der Waals surface area contributed by atoms with Gasteiger partial charge in [-0.3, -0.25) is 4.79 Å². The number of amides is 1. The van der Waals surface area contributed by atoms with E-state index in [1.807, 2.05) is 12.1 Å². The van der Waals surface area contributed by atoms with Gasteiger partial charge in [0.2, 0.25) is 18.4 Å². The molecule has 2 rings (SSSR count). The van der Waals surface area contributed by atoms with Crippen molar-refractivity contribution in [2.75, 3.05) is 21.0 Å². The average Bonchev–Trinajstić information content (AvgIpc) is 2.82. The van der Waals surface area contributed by atoms with Crippen LogP contribution in [-0.2, 0) is 4.79 Å². The summed E-state index contributed by atoms with van der Waals surface area (Å²) in [7, 11) is 3.33. The third kappa shape index (κ3) is 2.33. The molecule has 0 bridgehead atoms. The van der Waals surface area contributed by atoms with Crippen LogP contribution in [0.5, 0.6) is 17.2 Å². The lowest BCUT2D eigenvalue weighted by molar-refractivity contribution is -0.118. The Morgan fingerprint density at radius 3 is 2.94 bits per heavy atom. The summed E-state index contributed by atoms with van der Waals surface area (Å²) in [5, 5.41) is 3.04. The maximum absolute atomic E-state index is 11.0. The van der Waals surface area contributed by atoms with Crippen molar-refractivity contribution in [2.45, 2.75) is 12.5 Å². The van der Waals surface area contributed by atoms with Crippen molar-refractivity contribution in [3.63, 3.8) is 0 Å². The number of methoxy groups -OCH3 is 1. The number of primary amides is 1. The Balaban J connectivity index is 2.35. The molecule has 3 N–H and O–H groups in total.